The van der Waals surface area contributed by atoms with Gasteiger partial charge in [0.05, 0.1) is 19.3 Å². The normalized spacial score (nSPS) is 31.4. The van der Waals surface area contributed by atoms with Gasteiger partial charge in [-0.3, -0.25) is 18.9 Å². The summed E-state index contributed by atoms with van der Waals surface area (Å²) in [5, 5.41) is 0. The van der Waals surface area contributed by atoms with Crippen LogP contribution in [0.5, 0.6) is 0 Å². The van der Waals surface area contributed by atoms with Crippen molar-refractivity contribution in [1.29, 1.82) is 0 Å². The Morgan fingerprint density at radius 1 is 1.50 bits per heavy atom. The van der Waals surface area contributed by atoms with Crippen LogP contribution in [0.2, 0.25) is 0 Å². The summed E-state index contributed by atoms with van der Waals surface area (Å²) in [6.45, 7) is 0.189. The molecule has 0 saturated carbocycles. The molecule has 1 spiro atoms. The summed E-state index contributed by atoms with van der Waals surface area (Å²) in [4.78, 5) is 42.6. The molecule has 0 bridgehead atoms. The van der Waals surface area contributed by atoms with E-state index in [0.29, 0.717) is 19.4 Å². The van der Waals surface area contributed by atoms with Gasteiger partial charge in [0.15, 0.2) is 6.23 Å². The zero-order valence-corrected chi connectivity index (χ0v) is 12.3. The molecule has 10 nitrogen and oxygen atoms in total. The SMILES string of the molecule is O=c1ccn(C2OC(COP(=O)(O)O)CC23CCO3)c(=O)[nH]1. The standard InChI is InChI=1S/C11H15N2O8P/c14-8-1-3-13(10(15)12-8)9-11(2-4-19-11)5-7(21-9)6-20-22(16,17)18/h1,3,7,9H,2,4-6H2,(H,12,14,15)(H2,16,17,18). The second kappa shape index (κ2) is 5.41. The van der Waals surface area contributed by atoms with Crippen LogP contribution in [0, 0.1) is 0 Å². The first-order chi connectivity index (χ1) is 10.3. The monoisotopic (exact) mass is 334 g/mol. The van der Waals surface area contributed by atoms with Gasteiger partial charge in [0.1, 0.15) is 5.60 Å². The lowest BCUT2D eigenvalue weighted by atomic mass is 9.89. The molecule has 3 heterocycles. The Morgan fingerprint density at radius 3 is 2.77 bits per heavy atom. The van der Waals surface area contributed by atoms with Gasteiger partial charge in [-0.1, -0.05) is 0 Å². The number of rotatable bonds is 4. The number of ether oxygens (including phenoxy) is 2. The molecule has 122 valence electrons. The summed E-state index contributed by atoms with van der Waals surface area (Å²) >= 11 is 0. The predicted molar refractivity (Wildman–Crippen MR) is 71.1 cm³/mol. The van der Waals surface area contributed by atoms with Crippen LogP contribution >= 0.6 is 7.82 Å². The van der Waals surface area contributed by atoms with Crippen molar-refractivity contribution in [2.45, 2.75) is 30.8 Å². The van der Waals surface area contributed by atoms with Gasteiger partial charge >= 0.3 is 13.5 Å². The van der Waals surface area contributed by atoms with E-state index in [-0.39, 0.29) is 6.61 Å². The van der Waals surface area contributed by atoms with E-state index in [9.17, 15) is 14.2 Å². The second-order valence-electron chi connectivity index (χ2n) is 5.28. The van der Waals surface area contributed by atoms with Crippen molar-refractivity contribution in [3.05, 3.63) is 33.1 Å². The zero-order chi connectivity index (χ0) is 16.0. The summed E-state index contributed by atoms with van der Waals surface area (Å²) in [5.74, 6) is 0. The number of aromatic nitrogens is 2. The second-order valence-corrected chi connectivity index (χ2v) is 6.52. The topological polar surface area (TPSA) is 140 Å². The Hall–Kier alpha value is -1.29. The van der Waals surface area contributed by atoms with Crippen LogP contribution in [-0.4, -0.2) is 44.3 Å². The smallest absolute Gasteiger partial charge is 0.370 e. The van der Waals surface area contributed by atoms with E-state index in [0.717, 1.165) is 0 Å². The van der Waals surface area contributed by atoms with Gasteiger partial charge in [0.25, 0.3) is 5.56 Å². The lowest BCUT2D eigenvalue weighted by molar-refractivity contribution is -0.201. The van der Waals surface area contributed by atoms with Crippen molar-refractivity contribution >= 4 is 7.82 Å². The highest BCUT2D eigenvalue weighted by molar-refractivity contribution is 7.46. The van der Waals surface area contributed by atoms with E-state index in [1.165, 1.54) is 16.8 Å². The first-order valence-corrected chi connectivity index (χ1v) is 8.13. The Morgan fingerprint density at radius 2 is 2.23 bits per heavy atom. The molecule has 2 fully saturated rings. The molecular weight excluding hydrogens is 319 g/mol. The van der Waals surface area contributed by atoms with E-state index in [1.807, 2.05) is 0 Å². The predicted octanol–water partition coefficient (Wildman–Crippen LogP) is -0.908. The number of aromatic amines is 1. The molecule has 1 aromatic heterocycles. The van der Waals surface area contributed by atoms with E-state index >= 15 is 0 Å². The van der Waals surface area contributed by atoms with Gasteiger partial charge in [-0.05, 0) is 0 Å². The van der Waals surface area contributed by atoms with Gasteiger partial charge in [0, 0.05) is 25.1 Å². The van der Waals surface area contributed by atoms with Crippen molar-refractivity contribution in [3.63, 3.8) is 0 Å². The minimum absolute atomic E-state index is 0.315. The van der Waals surface area contributed by atoms with Crippen LogP contribution in [0.15, 0.2) is 21.9 Å². The Bertz CT molecular complexity index is 717. The molecule has 3 atom stereocenters. The van der Waals surface area contributed by atoms with Crippen molar-refractivity contribution < 1.29 is 28.3 Å². The molecule has 2 aliphatic rings. The molecule has 0 amide bonds. The molecule has 0 aliphatic carbocycles. The molecule has 3 unspecified atom stereocenters. The number of hydrogen-bond acceptors (Lipinski definition) is 6. The average Bonchev–Trinajstić information content (AvgIpc) is 2.75. The quantitative estimate of drug-likeness (QED) is 0.601. The molecule has 22 heavy (non-hydrogen) atoms. The van der Waals surface area contributed by atoms with E-state index in [1.54, 1.807) is 0 Å². The maximum atomic E-state index is 11.9. The largest absolute Gasteiger partial charge is 0.469 e. The third-order valence-corrected chi connectivity index (χ3v) is 4.28. The van der Waals surface area contributed by atoms with Crippen molar-refractivity contribution in [2.75, 3.05) is 13.2 Å². The maximum absolute atomic E-state index is 11.9. The number of hydrogen-bond donors (Lipinski definition) is 3. The highest BCUT2D eigenvalue weighted by atomic mass is 31.2. The summed E-state index contributed by atoms with van der Waals surface area (Å²) in [6, 6.07) is 1.19. The van der Waals surface area contributed by atoms with E-state index < -0.39 is 37.0 Å². The molecule has 2 aliphatic heterocycles. The van der Waals surface area contributed by atoms with Crippen LogP contribution in [0.25, 0.3) is 0 Å². The highest BCUT2D eigenvalue weighted by Gasteiger charge is 2.55. The van der Waals surface area contributed by atoms with Crippen molar-refractivity contribution in [1.82, 2.24) is 9.55 Å². The number of nitrogens with one attached hydrogen (secondary N) is 1. The number of phosphoric acid groups is 1. The third kappa shape index (κ3) is 2.94. The fraction of sp³-hybridized carbons (Fsp3) is 0.636. The molecule has 3 rings (SSSR count). The summed E-state index contributed by atoms with van der Waals surface area (Å²) in [6.07, 6.45) is 0.869. The molecule has 0 radical (unpaired) electrons. The van der Waals surface area contributed by atoms with Crippen LogP contribution in [0.3, 0.4) is 0 Å². The molecule has 3 N–H and O–H groups in total. The Kier molecular flexibility index (Phi) is 3.84. The summed E-state index contributed by atoms with van der Waals surface area (Å²) < 4.78 is 27.7. The van der Waals surface area contributed by atoms with Crippen LogP contribution in [0.4, 0.5) is 0 Å². The van der Waals surface area contributed by atoms with Crippen LogP contribution in [-0.2, 0) is 18.6 Å². The van der Waals surface area contributed by atoms with Crippen molar-refractivity contribution in [2.24, 2.45) is 0 Å². The molecule has 1 aromatic rings. The average molecular weight is 334 g/mol. The van der Waals surface area contributed by atoms with Gasteiger partial charge in [-0.2, -0.15) is 0 Å². The third-order valence-electron chi connectivity index (χ3n) is 3.79. The zero-order valence-electron chi connectivity index (χ0n) is 11.4. The fourth-order valence-corrected chi connectivity index (χ4v) is 3.13. The van der Waals surface area contributed by atoms with Crippen molar-refractivity contribution in [3.8, 4) is 0 Å². The van der Waals surface area contributed by atoms with Gasteiger partial charge in [-0.25, -0.2) is 9.36 Å². The van der Waals surface area contributed by atoms with Crippen LogP contribution in [0.1, 0.15) is 19.1 Å². The van der Waals surface area contributed by atoms with E-state index in [4.69, 9.17) is 19.3 Å². The Labute approximate surface area is 123 Å². The summed E-state index contributed by atoms with van der Waals surface area (Å²) in [7, 11) is -4.60. The lowest BCUT2D eigenvalue weighted by Gasteiger charge is -2.42. The minimum Gasteiger partial charge on any atom is -0.370 e. The first-order valence-electron chi connectivity index (χ1n) is 6.60. The van der Waals surface area contributed by atoms with Gasteiger partial charge < -0.3 is 19.3 Å². The molecule has 11 heteroatoms. The van der Waals surface area contributed by atoms with E-state index in [2.05, 4.69) is 9.51 Å². The number of H-pyrrole nitrogens is 1. The Balaban J connectivity index is 1.82. The number of phosphoric ester groups is 1. The lowest BCUT2D eigenvalue weighted by Crippen LogP contribution is -2.50. The fourth-order valence-electron chi connectivity index (χ4n) is 2.77. The first kappa shape index (κ1) is 15.6. The molecular formula is C11H15N2O8P. The summed E-state index contributed by atoms with van der Waals surface area (Å²) in [5.41, 5.74) is -1.90. The van der Waals surface area contributed by atoms with Gasteiger partial charge in [-0.15, -0.1) is 0 Å². The molecule has 0 aromatic carbocycles. The molecule has 2 saturated heterocycles. The highest BCUT2D eigenvalue weighted by Crippen LogP contribution is 2.48. The maximum Gasteiger partial charge on any atom is 0.469 e. The van der Waals surface area contributed by atoms with Crippen LogP contribution < -0.4 is 11.2 Å². The minimum atomic E-state index is -4.60. The van der Waals surface area contributed by atoms with Gasteiger partial charge in [0.2, 0.25) is 0 Å². The number of nitrogens with zero attached hydrogens (tertiary/aromatic N) is 1.